The van der Waals surface area contributed by atoms with Gasteiger partial charge in [0.25, 0.3) is 5.91 Å². The molecule has 1 aromatic heterocycles. The molecule has 6 rings (SSSR count). The van der Waals surface area contributed by atoms with Crippen molar-refractivity contribution >= 4 is 38.0 Å². The van der Waals surface area contributed by atoms with Crippen molar-refractivity contribution in [1.82, 2.24) is 14.8 Å². The maximum absolute atomic E-state index is 13.7. The lowest BCUT2D eigenvalue weighted by Crippen LogP contribution is -2.42. The molecule has 2 N–H and O–H groups in total. The monoisotopic (exact) mass is 620 g/mol. The lowest BCUT2D eigenvalue weighted by atomic mass is 10.0. The first-order valence-electron chi connectivity index (χ1n) is 14.9. The molecule has 3 heterocycles. The van der Waals surface area contributed by atoms with Crippen LogP contribution < -0.4 is 15.6 Å². The van der Waals surface area contributed by atoms with Crippen LogP contribution in [0, 0.1) is 5.82 Å². The predicted molar refractivity (Wildman–Crippen MR) is 168 cm³/mol. The quantitative estimate of drug-likeness (QED) is 0.288. The highest BCUT2D eigenvalue weighted by Gasteiger charge is 2.24. The summed E-state index contributed by atoms with van der Waals surface area (Å²) in [7, 11) is 0.302. The number of carbonyl (C=O) groups excluding carboxylic acids is 1. The average molecular weight is 621 g/mol. The number of nitrogens with zero attached hydrogens (tertiary/aromatic N) is 4. The van der Waals surface area contributed by atoms with E-state index in [0.29, 0.717) is 34.8 Å². The molecule has 4 aromatic rings. The van der Waals surface area contributed by atoms with Crippen molar-refractivity contribution in [2.45, 2.75) is 54.2 Å². The summed E-state index contributed by atoms with van der Waals surface area (Å²) in [4.78, 5) is 19.5. The molecule has 0 aliphatic carbocycles. The Morgan fingerprint density at radius 1 is 1.00 bits per heavy atom. The summed E-state index contributed by atoms with van der Waals surface area (Å²) in [5.74, 6) is -1.00. The summed E-state index contributed by atoms with van der Waals surface area (Å²) in [6.45, 7) is 2.54. The van der Waals surface area contributed by atoms with Crippen molar-refractivity contribution in [2.24, 2.45) is 0 Å². The van der Waals surface area contributed by atoms with Crippen molar-refractivity contribution in [3.8, 4) is 0 Å². The second-order valence-electron chi connectivity index (χ2n) is 11.6. The van der Waals surface area contributed by atoms with Crippen molar-refractivity contribution < 1.29 is 22.3 Å². The van der Waals surface area contributed by atoms with Gasteiger partial charge in [-0.25, -0.2) is 18.2 Å². The largest absolute Gasteiger partial charge is 0.371 e. The van der Waals surface area contributed by atoms with Gasteiger partial charge in [-0.2, -0.15) is 9.89 Å². The van der Waals surface area contributed by atoms with Crippen LogP contribution in [0.1, 0.15) is 42.5 Å². The van der Waals surface area contributed by atoms with Gasteiger partial charge >= 0.3 is 0 Å². The zero-order valence-electron chi connectivity index (χ0n) is 24.9. The van der Waals surface area contributed by atoms with Gasteiger partial charge in [-0.3, -0.25) is 4.79 Å². The van der Waals surface area contributed by atoms with Crippen molar-refractivity contribution in [3.05, 3.63) is 78.2 Å². The molecule has 0 saturated carbocycles. The fourth-order valence-corrected chi connectivity index (χ4v) is 7.24. The maximum Gasteiger partial charge on any atom is 0.273 e. The zero-order chi connectivity index (χ0) is 30.8. The molecular weight excluding hydrogens is 583 g/mol. The molecule has 2 aliphatic heterocycles. The molecule has 1 atom stereocenters. The first kappa shape index (κ1) is 30.0. The second-order valence-corrected chi connectivity index (χ2v) is 13.5. The van der Waals surface area contributed by atoms with Gasteiger partial charge in [0.15, 0.2) is 0 Å². The fourth-order valence-electron chi connectivity index (χ4n) is 5.91. The Bertz CT molecular complexity index is 1760. The zero-order valence-corrected chi connectivity index (χ0v) is 25.7. The first-order valence-corrected chi connectivity index (χ1v) is 16.4. The maximum atomic E-state index is 13.7. The normalized spacial score (nSPS) is 18.1. The number of amides is 1. The molecule has 2 aliphatic rings. The number of hydrogen-bond donors (Lipinski definition) is 2. The van der Waals surface area contributed by atoms with Crippen LogP contribution in [0.4, 0.5) is 15.8 Å². The fraction of sp³-hybridized carbons (Fsp3) is 0.375. The summed E-state index contributed by atoms with van der Waals surface area (Å²) < 4.78 is 45.9. The van der Waals surface area contributed by atoms with E-state index in [9.17, 15) is 17.6 Å². The van der Waals surface area contributed by atoms with Crippen molar-refractivity contribution in [3.63, 3.8) is 0 Å². The van der Waals surface area contributed by atoms with Crippen molar-refractivity contribution in [2.75, 3.05) is 49.4 Å². The molecule has 1 amide bonds. The Labute approximate surface area is 256 Å². The predicted octanol–water partition coefficient (Wildman–Crippen LogP) is 4.86. The van der Waals surface area contributed by atoms with Crippen LogP contribution in [-0.2, 0) is 14.6 Å². The van der Waals surface area contributed by atoms with Gasteiger partial charge in [-0.15, -0.1) is 0 Å². The summed E-state index contributed by atoms with van der Waals surface area (Å²) in [6.07, 6.45) is 6.36. The van der Waals surface area contributed by atoms with E-state index in [1.165, 1.54) is 41.3 Å². The minimum absolute atomic E-state index is 0.00523. The summed E-state index contributed by atoms with van der Waals surface area (Å²) in [5.41, 5.74) is 5.53. The Morgan fingerprint density at radius 2 is 1.80 bits per heavy atom. The minimum Gasteiger partial charge on any atom is -0.371 e. The second kappa shape index (κ2) is 12.5. The SMILES string of the molecule is CN(C)C1CCN(c2ccc(C(=O)Nn3ncc4cc(S(=O)(=O)c5cccc(F)c5)ccc43)c(NC3CCCCO3)c2)CC1. The number of benzene rings is 3. The number of hydrogen-bond acceptors (Lipinski definition) is 8. The number of ether oxygens (including phenoxy) is 1. The van der Waals surface area contributed by atoms with Gasteiger partial charge in [0.05, 0.1) is 32.8 Å². The molecule has 2 saturated heterocycles. The molecule has 2 fully saturated rings. The Morgan fingerprint density at radius 3 is 2.52 bits per heavy atom. The lowest BCUT2D eigenvalue weighted by Gasteiger charge is -2.37. The van der Waals surface area contributed by atoms with E-state index in [1.54, 1.807) is 6.07 Å². The van der Waals surface area contributed by atoms with E-state index in [1.807, 2.05) is 18.2 Å². The van der Waals surface area contributed by atoms with Gasteiger partial charge in [0.1, 0.15) is 12.0 Å². The summed E-state index contributed by atoms with van der Waals surface area (Å²) >= 11 is 0. The van der Waals surface area contributed by atoms with E-state index in [2.05, 4.69) is 39.7 Å². The van der Waals surface area contributed by atoms with Crippen LogP contribution in [0.25, 0.3) is 10.9 Å². The molecule has 0 spiro atoms. The molecule has 232 valence electrons. The number of carbonyl (C=O) groups is 1. The third-order valence-electron chi connectivity index (χ3n) is 8.47. The topological polar surface area (TPSA) is 109 Å². The Kier molecular flexibility index (Phi) is 8.57. The standard InChI is InChI=1S/C32H37FN6O4S/c1-37(2)24-13-15-38(16-14-24)25-9-11-28(29(20-25)35-31-8-3-4-17-43-31)32(40)36-39-30-12-10-27(18-22(30)21-34-39)44(41,42)26-7-5-6-23(33)19-26/h5-7,9-12,18-21,24,31,35H,3-4,8,13-17H2,1-2H3,(H,36,40). The molecule has 1 unspecified atom stereocenters. The molecule has 0 radical (unpaired) electrons. The van der Waals surface area contributed by atoms with Gasteiger partial charge < -0.3 is 19.9 Å². The van der Waals surface area contributed by atoms with Gasteiger partial charge in [0.2, 0.25) is 9.84 Å². The Hall–Kier alpha value is -4.00. The van der Waals surface area contributed by atoms with E-state index >= 15 is 0 Å². The van der Waals surface area contributed by atoms with Crippen LogP contribution in [0.15, 0.2) is 76.7 Å². The minimum atomic E-state index is -3.94. The van der Waals surface area contributed by atoms with Crippen molar-refractivity contribution in [1.29, 1.82) is 0 Å². The third-order valence-corrected chi connectivity index (χ3v) is 10.2. The first-order chi connectivity index (χ1) is 21.2. The van der Waals surface area contributed by atoms with Gasteiger partial charge in [0, 0.05) is 36.8 Å². The van der Waals surface area contributed by atoms with Crippen LogP contribution >= 0.6 is 0 Å². The number of sulfone groups is 1. The number of anilines is 2. The lowest BCUT2D eigenvalue weighted by molar-refractivity contribution is 0.0343. The van der Waals surface area contributed by atoms with E-state index in [0.717, 1.165) is 56.9 Å². The number of fused-ring (bicyclic) bond motifs is 1. The van der Waals surface area contributed by atoms with Crippen LogP contribution in [0.3, 0.4) is 0 Å². The summed E-state index contributed by atoms with van der Waals surface area (Å²) in [5, 5.41) is 8.26. The number of nitrogens with one attached hydrogen (secondary N) is 2. The van der Waals surface area contributed by atoms with Crippen LogP contribution in [0.5, 0.6) is 0 Å². The molecule has 10 nitrogen and oxygen atoms in total. The highest BCUT2D eigenvalue weighted by atomic mass is 32.2. The molecule has 44 heavy (non-hydrogen) atoms. The molecule has 0 bridgehead atoms. The molecular formula is C32H37FN6O4S. The number of halogens is 1. The van der Waals surface area contributed by atoms with E-state index in [-0.39, 0.29) is 21.9 Å². The van der Waals surface area contributed by atoms with Crippen LogP contribution in [-0.4, -0.2) is 75.2 Å². The van der Waals surface area contributed by atoms with E-state index < -0.39 is 15.7 Å². The average Bonchev–Trinajstić information content (AvgIpc) is 3.43. The number of piperidine rings is 1. The highest BCUT2D eigenvalue weighted by molar-refractivity contribution is 7.91. The van der Waals surface area contributed by atoms with Gasteiger partial charge in [-0.05, 0) is 101 Å². The highest BCUT2D eigenvalue weighted by Crippen LogP contribution is 2.30. The van der Waals surface area contributed by atoms with Gasteiger partial charge in [-0.1, -0.05) is 6.07 Å². The van der Waals surface area contributed by atoms with E-state index in [4.69, 9.17) is 4.74 Å². The smallest absolute Gasteiger partial charge is 0.273 e. The molecule has 3 aromatic carbocycles. The number of rotatable bonds is 8. The summed E-state index contributed by atoms with van der Waals surface area (Å²) in [6, 6.07) is 15.7. The van der Waals surface area contributed by atoms with Crippen LogP contribution in [0.2, 0.25) is 0 Å². The molecule has 12 heteroatoms. The number of aromatic nitrogens is 2. The third kappa shape index (κ3) is 6.28. The Balaban J connectivity index is 1.25.